The number of methoxy groups -OCH3 is 1. The van der Waals surface area contributed by atoms with Crippen LogP contribution in [0.4, 0.5) is 5.69 Å². The molecule has 1 amide bonds. The van der Waals surface area contributed by atoms with E-state index in [0.717, 1.165) is 51.4 Å². The van der Waals surface area contributed by atoms with E-state index < -0.39 is 0 Å². The van der Waals surface area contributed by atoms with Gasteiger partial charge in [-0.3, -0.25) is 9.69 Å². The number of hydrogen-bond acceptors (Lipinski definition) is 4. The van der Waals surface area contributed by atoms with Crippen molar-refractivity contribution in [2.24, 2.45) is 5.92 Å². The molecular weight excluding hydrogens is 302 g/mol. The topological polar surface area (TPSA) is 44.8 Å². The van der Waals surface area contributed by atoms with Gasteiger partial charge in [0, 0.05) is 51.4 Å². The van der Waals surface area contributed by atoms with Crippen LogP contribution in [-0.4, -0.2) is 57.2 Å². The maximum atomic E-state index is 11.9. The number of anilines is 1. The molecular formula is C19H31N3O2. The summed E-state index contributed by atoms with van der Waals surface area (Å²) in [6, 6.07) is 8.22. The molecule has 134 valence electrons. The Morgan fingerprint density at radius 1 is 1.17 bits per heavy atom. The summed E-state index contributed by atoms with van der Waals surface area (Å²) in [7, 11) is 1.69. The molecule has 1 N–H and O–H groups in total. The predicted molar refractivity (Wildman–Crippen MR) is 98.7 cm³/mol. The Hall–Kier alpha value is -1.75. The van der Waals surface area contributed by atoms with Gasteiger partial charge < -0.3 is 15.0 Å². The number of piperazine rings is 1. The maximum absolute atomic E-state index is 11.9. The SMILES string of the molecule is COc1ccc(N2CCN(CCC(=O)NCCC(C)C)CC2)cc1. The molecule has 0 atom stereocenters. The smallest absolute Gasteiger partial charge is 0.221 e. The minimum Gasteiger partial charge on any atom is -0.497 e. The van der Waals surface area contributed by atoms with E-state index in [2.05, 4.69) is 41.1 Å². The highest BCUT2D eigenvalue weighted by molar-refractivity contribution is 5.76. The van der Waals surface area contributed by atoms with E-state index in [1.165, 1.54) is 5.69 Å². The maximum Gasteiger partial charge on any atom is 0.221 e. The van der Waals surface area contributed by atoms with Gasteiger partial charge in [0.15, 0.2) is 0 Å². The molecule has 1 aliphatic rings. The lowest BCUT2D eigenvalue weighted by Gasteiger charge is -2.36. The van der Waals surface area contributed by atoms with Crippen LogP contribution < -0.4 is 15.0 Å². The van der Waals surface area contributed by atoms with Crippen molar-refractivity contribution in [3.8, 4) is 5.75 Å². The number of benzene rings is 1. The number of amides is 1. The molecule has 5 heteroatoms. The highest BCUT2D eigenvalue weighted by Crippen LogP contribution is 2.20. The first-order valence-electron chi connectivity index (χ1n) is 8.96. The van der Waals surface area contributed by atoms with Crippen LogP contribution in [0, 0.1) is 5.92 Å². The fraction of sp³-hybridized carbons (Fsp3) is 0.632. The number of carbonyl (C=O) groups excluding carboxylic acids is 1. The van der Waals surface area contributed by atoms with E-state index in [1.54, 1.807) is 7.11 Å². The summed E-state index contributed by atoms with van der Waals surface area (Å²) >= 11 is 0. The summed E-state index contributed by atoms with van der Waals surface area (Å²) in [5, 5.41) is 3.01. The molecule has 0 spiro atoms. The molecule has 1 saturated heterocycles. The minimum atomic E-state index is 0.174. The van der Waals surface area contributed by atoms with Crippen molar-refractivity contribution in [2.45, 2.75) is 26.7 Å². The largest absolute Gasteiger partial charge is 0.497 e. The predicted octanol–water partition coefficient (Wildman–Crippen LogP) is 2.37. The molecule has 0 radical (unpaired) electrons. The summed E-state index contributed by atoms with van der Waals surface area (Å²) < 4.78 is 5.20. The van der Waals surface area contributed by atoms with Gasteiger partial charge in [-0.05, 0) is 36.6 Å². The fourth-order valence-corrected chi connectivity index (χ4v) is 2.87. The Morgan fingerprint density at radius 3 is 2.42 bits per heavy atom. The second-order valence-electron chi connectivity index (χ2n) is 6.81. The number of carbonyl (C=O) groups is 1. The van der Waals surface area contributed by atoms with Crippen LogP contribution in [0.15, 0.2) is 24.3 Å². The molecule has 1 aromatic rings. The molecule has 5 nitrogen and oxygen atoms in total. The molecule has 24 heavy (non-hydrogen) atoms. The first kappa shape index (κ1) is 18.6. The first-order chi connectivity index (χ1) is 11.6. The zero-order valence-corrected chi connectivity index (χ0v) is 15.3. The molecule has 1 aliphatic heterocycles. The van der Waals surface area contributed by atoms with Gasteiger partial charge in [-0.2, -0.15) is 0 Å². The normalized spacial score (nSPS) is 15.6. The molecule has 0 bridgehead atoms. The summed E-state index contributed by atoms with van der Waals surface area (Å²) in [5.41, 5.74) is 1.24. The number of ether oxygens (including phenoxy) is 1. The average molecular weight is 333 g/mol. The van der Waals surface area contributed by atoms with Crippen molar-refractivity contribution in [3.63, 3.8) is 0 Å². The fourth-order valence-electron chi connectivity index (χ4n) is 2.87. The average Bonchev–Trinajstić information content (AvgIpc) is 2.60. The van der Waals surface area contributed by atoms with Crippen LogP contribution in [0.25, 0.3) is 0 Å². The molecule has 0 aliphatic carbocycles. The van der Waals surface area contributed by atoms with E-state index in [4.69, 9.17) is 4.74 Å². The van der Waals surface area contributed by atoms with E-state index in [0.29, 0.717) is 12.3 Å². The van der Waals surface area contributed by atoms with Gasteiger partial charge in [0.2, 0.25) is 5.91 Å². The van der Waals surface area contributed by atoms with Crippen molar-refractivity contribution < 1.29 is 9.53 Å². The van der Waals surface area contributed by atoms with E-state index >= 15 is 0 Å². The lowest BCUT2D eigenvalue weighted by Crippen LogP contribution is -2.47. The Kier molecular flexibility index (Phi) is 7.37. The van der Waals surface area contributed by atoms with Crippen molar-refractivity contribution in [3.05, 3.63) is 24.3 Å². The minimum absolute atomic E-state index is 0.174. The van der Waals surface area contributed by atoms with Crippen LogP contribution in [0.5, 0.6) is 5.75 Å². The number of rotatable bonds is 8. The van der Waals surface area contributed by atoms with Crippen LogP contribution >= 0.6 is 0 Å². The number of hydrogen-bond donors (Lipinski definition) is 1. The summed E-state index contributed by atoms with van der Waals surface area (Å²) in [6.45, 7) is 10.0. The zero-order chi connectivity index (χ0) is 17.4. The third-order valence-corrected chi connectivity index (χ3v) is 4.51. The third kappa shape index (κ3) is 6.04. The Labute approximate surface area is 146 Å². The lowest BCUT2D eigenvalue weighted by atomic mass is 10.1. The standard InChI is InChI=1S/C19H31N3O2/c1-16(2)8-10-20-19(23)9-11-21-12-14-22(15-13-21)17-4-6-18(24-3)7-5-17/h4-7,16H,8-15H2,1-3H3,(H,20,23). The van der Waals surface area contributed by atoms with Crippen LogP contribution in [-0.2, 0) is 4.79 Å². The Bertz CT molecular complexity index is 494. The van der Waals surface area contributed by atoms with Crippen molar-refractivity contribution in [2.75, 3.05) is 51.3 Å². The van der Waals surface area contributed by atoms with Crippen molar-refractivity contribution >= 4 is 11.6 Å². The summed E-state index contributed by atoms with van der Waals surface area (Å²) in [4.78, 5) is 16.6. The molecule has 1 fully saturated rings. The molecule has 1 aromatic carbocycles. The van der Waals surface area contributed by atoms with Crippen LogP contribution in [0.3, 0.4) is 0 Å². The molecule has 2 rings (SSSR count). The molecule has 1 heterocycles. The quantitative estimate of drug-likeness (QED) is 0.793. The molecule has 0 unspecified atom stereocenters. The highest BCUT2D eigenvalue weighted by Gasteiger charge is 2.17. The van der Waals surface area contributed by atoms with Gasteiger partial charge in [0.05, 0.1) is 7.11 Å². The zero-order valence-electron chi connectivity index (χ0n) is 15.3. The van der Waals surface area contributed by atoms with Crippen molar-refractivity contribution in [1.29, 1.82) is 0 Å². The van der Waals surface area contributed by atoms with Gasteiger partial charge in [-0.15, -0.1) is 0 Å². The van der Waals surface area contributed by atoms with Gasteiger partial charge in [0.1, 0.15) is 5.75 Å². The van der Waals surface area contributed by atoms with E-state index in [-0.39, 0.29) is 5.91 Å². The number of nitrogens with zero attached hydrogens (tertiary/aromatic N) is 2. The van der Waals surface area contributed by atoms with Crippen LogP contribution in [0.2, 0.25) is 0 Å². The van der Waals surface area contributed by atoms with E-state index in [9.17, 15) is 4.79 Å². The lowest BCUT2D eigenvalue weighted by molar-refractivity contribution is -0.121. The van der Waals surface area contributed by atoms with Gasteiger partial charge in [0.25, 0.3) is 0 Å². The third-order valence-electron chi connectivity index (χ3n) is 4.51. The second kappa shape index (κ2) is 9.52. The van der Waals surface area contributed by atoms with Gasteiger partial charge in [-0.1, -0.05) is 13.8 Å². The second-order valence-corrected chi connectivity index (χ2v) is 6.81. The van der Waals surface area contributed by atoms with Crippen molar-refractivity contribution in [1.82, 2.24) is 10.2 Å². The van der Waals surface area contributed by atoms with Gasteiger partial charge in [-0.25, -0.2) is 0 Å². The Morgan fingerprint density at radius 2 is 1.83 bits per heavy atom. The Balaban J connectivity index is 1.66. The highest BCUT2D eigenvalue weighted by atomic mass is 16.5. The number of nitrogens with one attached hydrogen (secondary N) is 1. The monoisotopic (exact) mass is 333 g/mol. The summed E-state index contributed by atoms with van der Waals surface area (Å²) in [6.07, 6.45) is 1.65. The molecule has 0 saturated carbocycles. The molecule has 0 aromatic heterocycles. The first-order valence-corrected chi connectivity index (χ1v) is 8.96. The van der Waals surface area contributed by atoms with Crippen LogP contribution in [0.1, 0.15) is 26.7 Å². The summed E-state index contributed by atoms with van der Waals surface area (Å²) in [5.74, 6) is 1.70. The van der Waals surface area contributed by atoms with Gasteiger partial charge >= 0.3 is 0 Å². The van der Waals surface area contributed by atoms with E-state index in [1.807, 2.05) is 12.1 Å².